The van der Waals surface area contributed by atoms with Crippen molar-refractivity contribution in [1.29, 1.82) is 0 Å². The lowest BCUT2D eigenvalue weighted by Crippen LogP contribution is -2.70. The van der Waals surface area contributed by atoms with Crippen LogP contribution >= 0.6 is 11.8 Å². The van der Waals surface area contributed by atoms with Gasteiger partial charge in [0.15, 0.2) is 5.96 Å². The van der Waals surface area contributed by atoms with Crippen LogP contribution in [0.15, 0.2) is 16.3 Å². The zero-order valence-electron chi connectivity index (χ0n) is 30.1. The molecule has 2 aliphatic rings. The lowest BCUT2D eigenvalue weighted by molar-refractivity contribution is -0.151. The standard InChI is InChI=1S/C31H50N10O12S/c1-13(32)24(45)37-14(2)25(46)38-15(3)26(47)39-18(7-5-9-36-31(34)35)19(42)10-21(44)53-11-16-12-54-28-22(27(48)41(28)23(16)30(51)52)40-20(43)8-4-6-17(33)29(49)50/h13-15,17-19,22,28,42H,4-12,32-33H2,1-3H3,(H,37,45)(H,38,46)(H,39,47)(H,40,43)(H,49,50)(H,51,52)(H4,34,35,36)/t13?,14?,15-,17+,18-,19+,22+,28?/m0/s1. The lowest BCUT2D eigenvalue weighted by atomic mass is 10.0. The van der Waals surface area contributed by atoms with Crippen LogP contribution in [0.25, 0.3) is 0 Å². The van der Waals surface area contributed by atoms with Gasteiger partial charge in [0.2, 0.25) is 23.6 Å². The number of aliphatic imine (C=N–C) groups is 1. The van der Waals surface area contributed by atoms with Gasteiger partial charge < -0.3 is 64.3 Å². The summed E-state index contributed by atoms with van der Waals surface area (Å²) in [6.45, 7) is 3.78. The molecule has 3 unspecified atom stereocenters. The molecule has 0 aromatic heterocycles. The minimum Gasteiger partial charge on any atom is -0.480 e. The number of β-lactam (4-membered cyclic amide) rings is 1. The molecular weight excluding hydrogens is 736 g/mol. The predicted octanol–water partition coefficient (Wildman–Crippen LogP) is -4.50. The first-order valence-corrected chi connectivity index (χ1v) is 18.0. The molecule has 22 nitrogen and oxygen atoms in total. The molecule has 8 atom stereocenters. The number of guanidine groups is 1. The summed E-state index contributed by atoms with van der Waals surface area (Å²) in [6.07, 6.45) is -1.72. The molecular formula is C31H50N10O12S. The number of thioether (sulfide) groups is 1. The monoisotopic (exact) mass is 786 g/mol. The van der Waals surface area contributed by atoms with Crippen LogP contribution in [0.4, 0.5) is 0 Å². The number of aliphatic carboxylic acids is 2. The van der Waals surface area contributed by atoms with Crippen molar-refractivity contribution >= 4 is 65.2 Å². The summed E-state index contributed by atoms with van der Waals surface area (Å²) < 4.78 is 5.27. The summed E-state index contributed by atoms with van der Waals surface area (Å²) in [5.74, 6) is -7.02. The first-order chi connectivity index (χ1) is 25.2. The predicted molar refractivity (Wildman–Crippen MR) is 191 cm³/mol. The average Bonchev–Trinajstić information content (AvgIpc) is 3.09. The van der Waals surface area contributed by atoms with Gasteiger partial charge in [-0.3, -0.25) is 43.5 Å². The SMILES string of the molecule is CC(N)C(=O)NC(C)C(=O)N[C@@H](C)C(=O)N[C@@H](CCCN=C(N)N)[C@H](O)CC(=O)OCC1=C(C(=O)O)N2C(=O)[C@@H](NC(=O)CCC[C@@H](N)C(=O)O)C2SC1. The first kappa shape index (κ1) is 45.2. The highest BCUT2D eigenvalue weighted by atomic mass is 32.2. The molecule has 0 aromatic carbocycles. The smallest absolute Gasteiger partial charge is 0.352 e. The van der Waals surface area contributed by atoms with Crippen LogP contribution < -0.4 is 44.2 Å². The highest BCUT2D eigenvalue weighted by molar-refractivity contribution is 8.00. The maximum absolute atomic E-state index is 13.0. The number of carbonyl (C=O) groups is 8. The Hall–Kier alpha value is -5.00. The third kappa shape index (κ3) is 13.4. The summed E-state index contributed by atoms with van der Waals surface area (Å²) in [5, 5.41) is 39.0. The number of fused-ring (bicyclic) bond motifs is 1. The topological polar surface area (TPSA) is 374 Å². The van der Waals surface area contributed by atoms with Gasteiger partial charge in [-0.15, -0.1) is 11.8 Å². The van der Waals surface area contributed by atoms with Crippen LogP contribution in [0.5, 0.6) is 0 Å². The van der Waals surface area contributed by atoms with Crippen molar-refractivity contribution in [2.75, 3.05) is 18.9 Å². The zero-order chi connectivity index (χ0) is 40.9. The van der Waals surface area contributed by atoms with Crippen molar-refractivity contribution in [3.63, 3.8) is 0 Å². The minimum atomic E-state index is -1.52. The van der Waals surface area contributed by atoms with E-state index in [1.807, 2.05) is 0 Å². The van der Waals surface area contributed by atoms with Crippen LogP contribution in [0.2, 0.25) is 0 Å². The number of ether oxygens (including phenoxy) is 1. The Bertz CT molecular complexity index is 1500. The van der Waals surface area contributed by atoms with Crippen molar-refractivity contribution in [1.82, 2.24) is 26.2 Å². The highest BCUT2D eigenvalue weighted by Gasteiger charge is 2.54. The maximum Gasteiger partial charge on any atom is 0.352 e. The number of esters is 1. The number of nitrogens with one attached hydrogen (secondary N) is 4. The van der Waals surface area contributed by atoms with Crippen molar-refractivity contribution in [3.8, 4) is 0 Å². The van der Waals surface area contributed by atoms with E-state index >= 15 is 0 Å². The molecule has 2 rings (SSSR count). The van der Waals surface area contributed by atoms with Crippen LogP contribution in [0, 0.1) is 0 Å². The second-order valence-corrected chi connectivity index (χ2v) is 13.9. The average molecular weight is 787 g/mol. The lowest BCUT2D eigenvalue weighted by Gasteiger charge is -2.49. The van der Waals surface area contributed by atoms with E-state index in [-0.39, 0.29) is 55.9 Å². The van der Waals surface area contributed by atoms with Gasteiger partial charge in [-0.25, -0.2) is 4.79 Å². The number of aliphatic hydroxyl groups excluding tert-OH is 1. The molecule has 0 aliphatic carbocycles. The van der Waals surface area contributed by atoms with E-state index in [2.05, 4.69) is 26.3 Å². The number of carbonyl (C=O) groups excluding carboxylic acids is 6. The fraction of sp³-hybridized carbons (Fsp3) is 0.645. The second-order valence-electron chi connectivity index (χ2n) is 12.8. The fourth-order valence-electron chi connectivity index (χ4n) is 5.19. The minimum absolute atomic E-state index is 0.0202. The van der Waals surface area contributed by atoms with Gasteiger partial charge >= 0.3 is 17.9 Å². The molecule has 2 aliphatic heterocycles. The summed E-state index contributed by atoms with van der Waals surface area (Å²) in [7, 11) is 0. The zero-order valence-corrected chi connectivity index (χ0v) is 30.9. The van der Waals surface area contributed by atoms with Gasteiger partial charge in [-0.2, -0.15) is 0 Å². The molecule has 1 saturated heterocycles. The van der Waals surface area contributed by atoms with Crippen LogP contribution in [-0.4, -0.2) is 140 Å². The number of hydrogen-bond acceptors (Lipinski definition) is 14. The molecule has 0 radical (unpaired) electrons. The van der Waals surface area contributed by atoms with E-state index in [0.29, 0.717) is 0 Å². The van der Waals surface area contributed by atoms with Gasteiger partial charge in [0.25, 0.3) is 5.91 Å². The van der Waals surface area contributed by atoms with E-state index in [1.54, 1.807) is 0 Å². The molecule has 23 heteroatoms. The Kier molecular flexibility index (Phi) is 17.6. The van der Waals surface area contributed by atoms with Crippen molar-refractivity contribution in [3.05, 3.63) is 11.3 Å². The Morgan fingerprint density at radius 1 is 0.944 bits per heavy atom. The van der Waals surface area contributed by atoms with E-state index in [0.717, 1.165) is 16.7 Å². The van der Waals surface area contributed by atoms with Crippen LogP contribution in [0.1, 0.15) is 59.3 Å². The second kappa shape index (κ2) is 21.0. The number of nitrogens with zero attached hydrogens (tertiary/aromatic N) is 2. The van der Waals surface area contributed by atoms with E-state index in [4.69, 9.17) is 32.8 Å². The number of hydrogen-bond donors (Lipinski definition) is 11. The largest absolute Gasteiger partial charge is 0.480 e. The Morgan fingerprint density at radius 3 is 2.13 bits per heavy atom. The number of amides is 5. The molecule has 1 fully saturated rings. The number of nitrogens with two attached hydrogens (primary N) is 4. The molecule has 5 amide bonds. The Morgan fingerprint density at radius 2 is 1.56 bits per heavy atom. The molecule has 2 heterocycles. The molecule has 0 spiro atoms. The van der Waals surface area contributed by atoms with E-state index in [9.17, 15) is 48.6 Å². The summed E-state index contributed by atoms with van der Waals surface area (Å²) in [4.78, 5) is 103. The third-order valence-corrected chi connectivity index (χ3v) is 9.60. The van der Waals surface area contributed by atoms with Gasteiger partial charge in [-0.05, 0) is 46.5 Å². The normalized spacial score (nSPS) is 19.7. The number of rotatable bonds is 22. The summed E-state index contributed by atoms with van der Waals surface area (Å²) in [6, 6.07) is -6.25. The van der Waals surface area contributed by atoms with Gasteiger partial charge in [0.1, 0.15) is 41.8 Å². The number of carboxylic acid groups (broad SMARTS) is 2. The molecule has 54 heavy (non-hydrogen) atoms. The van der Waals surface area contributed by atoms with Gasteiger partial charge in [0.05, 0.1) is 24.6 Å². The third-order valence-electron chi connectivity index (χ3n) is 8.26. The molecule has 15 N–H and O–H groups in total. The first-order valence-electron chi connectivity index (χ1n) is 17.0. The summed E-state index contributed by atoms with van der Waals surface area (Å²) in [5.41, 5.74) is 21.3. The van der Waals surface area contributed by atoms with Crippen molar-refractivity contribution in [2.45, 2.75) is 107 Å². The number of aliphatic hydroxyl groups is 1. The Labute approximate surface area is 314 Å². The molecule has 0 aromatic rings. The Balaban J connectivity index is 2.03. The maximum atomic E-state index is 13.0. The molecule has 0 saturated carbocycles. The van der Waals surface area contributed by atoms with Crippen molar-refractivity contribution < 1.29 is 58.4 Å². The quantitative estimate of drug-likeness (QED) is 0.0162. The van der Waals surface area contributed by atoms with Gasteiger partial charge in [-0.1, -0.05) is 0 Å². The van der Waals surface area contributed by atoms with Gasteiger partial charge in [0, 0.05) is 24.3 Å². The highest BCUT2D eigenvalue weighted by Crippen LogP contribution is 2.40. The molecule has 302 valence electrons. The van der Waals surface area contributed by atoms with Crippen LogP contribution in [0.3, 0.4) is 0 Å². The molecule has 0 bridgehead atoms. The fourth-order valence-corrected chi connectivity index (χ4v) is 6.51. The van der Waals surface area contributed by atoms with Crippen molar-refractivity contribution in [2.24, 2.45) is 27.9 Å². The van der Waals surface area contributed by atoms with E-state index in [1.165, 1.54) is 20.8 Å². The van der Waals surface area contributed by atoms with E-state index < -0.39 is 114 Å². The summed E-state index contributed by atoms with van der Waals surface area (Å²) >= 11 is 1.13. The van der Waals surface area contributed by atoms with Crippen LogP contribution in [-0.2, 0) is 43.1 Å². The number of carboxylic acids is 2.